The van der Waals surface area contributed by atoms with Crippen molar-refractivity contribution in [2.75, 3.05) is 0 Å². The van der Waals surface area contributed by atoms with E-state index in [0.29, 0.717) is 6.04 Å². The van der Waals surface area contributed by atoms with Gasteiger partial charge >= 0.3 is 0 Å². The number of hydrogen-bond donors (Lipinski definition) is 0. The summed E-state index contributed by atoms with van der Waals surface area (Å²) < 4.78 is 2.13. The van der Waals surface area contributed by atoms with E-state index in [1.807, 2.05) is 0 Å². The maximum Gasteiger partial charge on any atom is 0.168 e. The molecule has 2 aromatic rings. The summed E-state index contributed by atoms with van der Waals surface area (Å²) in [4.78, 5) is 16.4. The molecule has 104 valence electrons. The summed E-state index contributed by atoms with van der Waals surface area (Å²) in [6.07, 6.45) is 4.21. The summed E-state index contributed by atoms with van der Waals surface area (Å²) >= 11 is 0. The predicted octanol–water partition coefficient (Wildman–Crippen LogP) is 3.88. The van der Waals surface area contributed by atoms with Crippen molar-refractivity contribution in [3.05, 3.63) is 40.8 Å². The number of imidazole rings is 1. The van der Waals surface area contributed by atoms with E-state index in [1.165, 1.54) is 11.1 Å². The van der Waals surface area contributed by atoms with Gasteiger partial charge in [-0.2, -0.15) is 0 Å². The fourth-order valence-electron chi connectivity index (χ4n) is 3.24. The first-order valence-electron chi connectivity index (χ1n) is 7.25. The quantitative estimate of drug-likeness (QED) is 0.775. The molecule has 0 bridgehead atoms. The SMILES string of the molecule is Cc1ccc(-c2nc3n(c2C=O)C(C)CCC3)c(C)c1. The maximum atomic E-state index is 11.6. The van der Waals surface area contributed by atoms with Gasteiger partial charge in [0.25, 0.3) is 0 Å². The van der Waals surface area contributed by atoms with Gasteiger partial charge in [-0.15, -0.1) is 0 Å². The third kappa shape index (κ3) is 1.98. The molecule has 1 aliphatic heterocycles. The van der Waals surface area contributed by atoms with Gasteiger partial charge in [-0.25, -0.2) is 4.98 Å². The number of carbonyl (C=O) groups is 1. The third-order valence-corrected chi connectivity index (χ3v) is 4.23. The normalized spacial score (nSPS) is 17.9. The minimum absolute atomic E-state index is 0.367. The molecular formula is C17H20N2O. The molecule has 1 unspecified atom stereocenters. The van der Waals surface area contributed by atoms with Crippen molar-refractivity contribution in [1.82, 2.24) is 9.55 Å². The molecule has 0 radical (unpaired) electrons. The first-order valence-corrected chi connectivity index (χ1v) is 7.25. The summed E-state index contributed by atoms with van der Waals surface area (Å²) in [7, 11) is 0. The van der Waals surface area contributed by atoms with Crippen molar-refractivity contribution in [3.8, 4) is 11.3 Å². The minimum Gasteiger partial charge on any atom is -0.322 e. The van der Waals surface area contributed by atoms with Gasteiger partial charge in [0.1, 0.15) is 11.5 Å². The van der Waals surface area contributed by atoms with E-state index >= 15 is 0 Å². The van der Waals surface area contributed by atoms with Crippen LogP contribution in [0.15, 0.2) is 18.2 Å². The van der Waals surface area contributed by atoms with Crippen molar-refractivity contribution >= 4 is 6.29 Å². The molecule has 0 N–H and O–H groups in total. The molecule has 0 amide bonds. The van der Waals surface area contributed by atoms with Crippen LogP contribution in [0.4, 0.5) is 0 Å². The van der Waals surface area contributed by atoms with Crippen LogP contribution < -0.4 is 0 Å². The van der Waals surface area contributed by atoms with Crippen molar-refractivity contribution in [2.24, 2.45) is 0 Å². The van der Waals surface area contributed by atoms with Crippen LogP contribution >= 0.6 is 0 Å². The van der Waals surface area contributed by atoms with E-state index in [1.54, 1.807) is 0 Å². The average Bonchev–Trinajstić information content (AvgIpc) is 2.78. The zero-order valence-electron chi connectivity index (χ0n) is 12.3. The van der Waals surface area contributed by atoms with Crippen LogP contribution in [0, 0.1) is 13.8 Å². The summed E-state index contributed by atoms with van der Waals surface area (Å²) in [6.45, 7) is 6.33. The highest BCUT2D eigenvalue weighted by Crippen LogP contribution is 2.33. The summed E-state index contributed by atoms with van der Waals surface area (Å²) in [5.41, 5.74) is 5.07. The van der Waals surface area contributed by atoms with Gasteiger partial charge in [0.05, 0.1) is 5.69 Å². The van der Waals surface area contributed by atoms with Crippen molar-refractivity contribution in [2.45, 2.75) is 46.1 Å². The number of fused-ring (bicyclic) bond motifs is 1. The second kappa shape index (κ2) is 4.89. The molecule has 0 fully saturated rings. The molecule has 1 atom stereocenters. The van der Waals surface area contributed by atoms with E-state index in [0.717, 1.165) is 48.3 Å². The van der Waals surface area contributed by atoms with Gasteiger partial charge in [-0.05, 0) is 39.2 Å². The van der Waals surface area contributed by atoms with Crippen LogP contribution in [0.25, 0.3) is 11.3 Å². The lowest BCUT2D eigenvalue weighted by Gasteiger charge is -2.22. The second-order valence-electron chi connectivity index (χ2n) is 5.81. The smallest absolute Gasteiger partial charge is 0.168 e. The van der Waals surface area contributed by atoms with E-state index in [2.05, 4.69) is 43.5 Å². The number of rotatable bonds is 2. The Bertz CT molecular complexity index is 670. The van der Waals surface area contributed by atoms with Gasteiger partial charge in [0.15, 0.2) is 6.29 Å². The molecule has 0 saturated heterocycles. The highest BCUT2D eigenvalue weighted by Gasteiger charge is 2.24. The fraction of sp³-hybridized carbons (Fsp3) is 0.412. The largest absolute Gasteiger partial charge is 0.322 e. The lowest BCUT2D eigenvalue weighted by molar-refractivity contribution is 0.111. The summed E-state index contributed by atoms with van der Waals surface area (Å²) in [5.74, 6) is 1.06. The van der Waals surface area contributed by atoms with Gasteiger partial charge < -0.3 is 4.57 Å². The van der Waals surface area contributed by atoms with Gasteiger partial charge in [0, 0.05) is 18.0 Å². The minimum atomic E-state index is 0.367. The first kappa shape index (κ1) is 13.1. The number of benzene rings is 1. The number of aryl methyl sites for hydroxylation is 3. The predicted molar refractivity (Wildman–Crippen MR) is 80.2 cm³/mol. The molecule has 1 aromatic heterocycles. The van der Waals surface area contributed by atoms with Gasteiger partial charge in [0.2, 0.25) is 0 Å². The van der Waals surface area contributed by atoms with Crippen molar-refractivity contribution in [1.29, 1.82) is 0 Å². The van der Waals surface area contributed by atoms with Crippen LogP contribution in [0.2, 0.25) is 0 Å². The highest BCUT2D eigenvalue weighted by atomic mass is 16.1. The van der Waals surface area contributed by atoms with Crippen molar-refractivity contribution < 1.29 is 4.79 Å². The fourth-order valence-corrected chi connectivity index (χ4v) is 3.24. The summed E-state index contributed by atoms with van der Waals surface area (Å²) in [6, 6.07) is 6.67. The van der Waals surface area contributed by atoms with E-state index < -0.39 is 0 Å². The Hall–Kier alpha value is -1.90. The molecule has 20 heavy (non-hydrogen) atoms. The van der Waals surface area contributed by atoms with Gasteiger partial charge in [-0.1, -0.05) is 23.8 Å². The van der Waals surface area contributed by atoms with Crippen LogP contribution in [-0.4, -0.2) is 15.8 Å². The van der Waals surface area contributed by atoms with Crippen LogP contribution in [-0.2, 0) is 6.42 Å². The van der Waals surface area contributed by atoms with E-state index in [-0.39, 0.29) is 0 Å². The van der Waals surface area contributed by atoms with E-state index in [4.69, 9.17) is 4.98 Å². The lowest BCUT2D eigenvalue weighted by Crippen LogP contribution is -2.17. The molecule has 3 rings (SSSR count). The Balaban J connectivity index is 2.21. The lowest BCUT2D eigenvalue weighted by atomic mass is 10.0. The molecule has 2 heterocycles. The Morgan fingerprint density at radius 2 is 2.15 bits per heavy atom. The zero-order valence-corrected chi connectivity index (χ0v) is 12.3. The third-order valence-electron chi connectivity index (χ3n) is 4.23. The standard InChI is InChI=1S/C17H20N2O/c1-11-7-8-14(12(2)9-11)17-15(10-20)19-13(3)5-4-6-16(19)18-17/h7-10,13H,4-6H2,1-3H3. The molecule has 3 nitrogen and oxygen atoms in total. The molecular weight excluding hydrogens is 248 g/mol. The number of aromatic nitrogens is 2. The molecule has 0 aliphatic carbocycles. The average molecular weight is 268 g/mol. The second-order valence-corrected chi connectivity index (χ2v) is 5.81. The van der Waals surface area contributed by atoms with Crippen LogP contribution in [0.5, 0.6) is 0 Å². The number of carbonyl (C=O) groups excluding carboxylic acids is 1. The van der Waals surface area contributed by atoms with E-state index in [9.17, 15) is 4.79 Å². The molecule has 1 aromatic carbocycles. The van der Waals surface area contributed by atoms with Crippen LogP contribution in [0.3, 0.4) is 0 Å². The summed E-state index contributed by atoms with van der Waals surface area (Å²) in [5, 5.41) is 0. The Morgan fingerprint density at radius 1 is 1.35 bits per heavy atom. The number of nitrogens with zero attached hydrogens (tertiary/aromatic N) is 2. The number of hydrogen-bond acceptors (Lipinski definition) is 2. The van der Waals surface area contributed by atoms with Crippen molar-refractivity contribution in [3.63, 3.8) is 0 Å². The molecule has 0 spiro atoms. The number of aldehydes is 1. The zero-order chi connectivity index (χ0) is 14.3. The molecule has 3 heteroatoms. The Kier molecular flexibility index (Phi) is 3.20. The Labute approximate surface area is 119 Å². The van der Waals surface area contributed by atoms with Crippen LogP contribution in [0.1, 0.15) is 53.2 Å². The maximum absolute atomic E-state index is 11.6. The molecule has 0 saturated carbocycles. The highest BCUT2D eigenvalue weighted by molar-refractivity contribution is 5.85. The first-order chi connectivity index (χ1) is 9.61. The van der Waals surface area contributed by atoms with Gasteiger partial charge in [-0.3, -0.25) is 4.79 Å². The Morgan fingerprint density at radius 3 is 2.85 bits per heavy atom. The topological polar surface area (TPSA) is 34.9 Å². The monoisotopic (exact) mass is 268 g/mol. The molecule has 1 aliphatic rings.